The maximum atomic E-state index is 13.5. The van der Waals surface area contributed by atoms with E-state index in [4.69, 9.17) is 5.73 Å². The van der Waals surface area contributed by atoms with Crippen LogP contribution in [0.3, 0.4) is 0 Å². The first-order chi connectivity index (χ1) is 15.5. The topological polar surface area (TPSA) is 161 Å². The number of hydrogen-bond donors (Lipinski definition) is 5. The van der Waals surface area contributed by atoms with Gasteiger partial charge in [-0.05, 0) is 69.4 Å². The van der Waals surface area contributed by atoms with Gasteiger partial charge in [-0.25, -0.2) is 0 Å². The predicted octanol–water partition coefficient (Wildman–Crippen LogP) is 1.07. The minimum absolute atomic E-state index is 0.0639. The molecular weight excluding hydrogens is 428 g/mol. The molecule has 33 heavy (non-hydrogen) atoms. The fourth-order valence-corrected chi connectivity index (χ4v) is 5.50. The second kappa shape index (κ2) is 8.00. The van der Waals surface area contributed by atoms with E-state index in [0.717, 1.165) is 18.5 Å². The third kappa shape index (κ3) is 3.43. The summed E-state index contributed by atoms with van der Waals surface area (Å²) >= 11 is 0. The molecule has 0 fully saturated rings. The molecule has 0 saturated carbocycles. The number of hydrogen-bond acceptors (Lipinski definition) is 8. The summed E-state index contributed by atoms with van der Waals surface area (Å²) in [5.74, 6) is -6.10. The highest BCUT2D eigenvalue weighted by Crippen LogP contribution is 2.51. The van der Waals surface area contributed by atoms with Crippen molar-refractivity contribution in [2.24, 2.45) is 17.6 Å². The van der Waals surface area contributed by atoms with E-state index in [1.54, 1.807) is 6.07 Å². The van der Waals surface area contributed by atoms with Gasteiger partial charge in [-0.15, -0.1) is 0 Å². The first kappa shape index (κ1) is 23.0. The molecule has 0 aromatic heterocycles. The van der Waals surface area contributed by atoms with Gasteiger partial charge in [0.1, 0.15) is 22.8 Å². The number of ketones is 2. The first-order valence-corrected chi connectivity index (χ1v) is 10.9. The van der Waals surface area contributed by atoms with Crippen LogP contribution in [0.15, 0.2) is 34.8 Å². The SMILES string of the molecule is CN(C)CCCc1ccc(O)c2c1C[C@H]1C[C@H]3CC(O)=C(C(N)=O)C(=O)[C@@]3(O)C(O)=C1C2=O. The molecule has 9 nitrogen and oxygen atoms in total. The number of phenols is 1. The van der Waals surface area contributed by atoms with Gasteiger partial charge >= 0.3 is 0 Å². The summed E-state index contributed by atoms with van der Waals surface area (Å²) in [5.41, 5.74) is 3.45. The van der Waals surface area contributed by atoms with Crippen LogP contribution in [0.4, 0.5) is 0 Å². The van der Waals surface area contributed by atoms with E-state index < -0.39 is 52.0 Å². The molecule has 9 heteroatoms. The maximum absolute atomic E-state index is 13.5. The Hall–Kier alpha value is -3.17. The van der Waals surface area contributed by atoms with E-state index in [1.165, 1.54) is 6.07 Å². The van der Waals surface area contributed by atoms with Gasteiger partial charge in [-0.1, -0.05) is 6.07 Å². The number of aromatic hydroxyl groups is 1. The van der Waals surface area contributed by atoms with Crippen molar-refractivity contribution in [3.63, 3.8) is 0 Å². The zero-order valence-corrected chi connectivity index (χ0v) is 18.6. The molecule has 4 rings (SSSR count). The highest BCUT2D eigenvalue weighted by atomic mass is 16.3. The summed E-state index contributed by atoms with van der Waals surface area (Å²) in [4.78, 5) is 40.1. The number of allylic oxidation sites excluding steroid dienone is 2. The monoisotopic (exact) mass is 456 g/mol. The van der Waals surface area contributed by atoms with Crippen molar-refractivity contribution in [2.45, 2.75) is 37.7 Å². The lowest BCUT2D eigenvalue weighted by molar-refractivity contribution is -0.144. The molecule has 176 valence electrons. The Labute approximate surface area is 190 Å². The number of phenolic OH excluding ortho intramolecular Hbond substituents is 1. The van der Waals surface area contributed by atoms with Gasteiger partial charge in [0.05, 0.1) is 5.56 Å². The normalized spacial score (nSPS) is 26.9. The Kier molecular flexibility index (Phi) is 5.58. The number of nitrogens with two attached hydrogens (primary N) is 1. The Balaban J connectivity index is 1.80. The summed E-state index contributed by atoms with van der Waals surface area (Å²) in [6.45, 7) is 0.851. The fourth-order valence-electron chi connectivity index (χ4n) is 5.50. The average molecular weight is 456 g/mol. The predicted molar refractivity (Wildman–Crippen MR) is 118 cm³/mol. The molecule has 1 amide bonds. The number of benzene rings is 1. The summed E-state index contributed by atoms with van der Waals surface area (Å²) in [6.07, 6.45) is 1.78. The zero-order valence-electron chi connectivity index (χ0n) is 18.6. The number of nitrogens with zero attached hydrogens (tertiary/aromatic N) is 1. The third-order valence-electron chi connectivity index (χ3n) is 7.09. The molecule has 0 bridgehead atoms. The Bertz CT molecular complexity index is 1130. The smallest absolute Gasteiger partial charge is 0.255 e. The van der Waals surface area contributed by atoms with E-state index in [2.05, 4.69) is 4.90 Å². The summed E-state index contributed by atoms with van der Waals surface area (Å²) in [7, 11) is 3.94. The van der Waals surface area contributed by atoms with Crippen LogP contribution in [0.25, 0.3) is 0 Å². The van der Waals surface area contributed by atoms with E-state index in [1.807, 2.05) is 14.1 Å². The van der Waals surface area contributed by atoms with Crippen molar-refractivity contribution in [1.29, 1.82) is 0 Å². The first-order valence-electron chi connectivity index (χ1n) is 10.9. The number of rotatable bonds is 5. The third-order valence-corrected chi connectivity index (χ3v) is 7.09. The molecule has 1 aromatic carbocycles. The molecule has 0 radical (unpaired) electrons. The summed E-state index contributed by atoms with van der Waals surface area (Å²) in [6, 6.07) is 3.24. The second-order valence-corrected chi connectivity index (χ2v) is 9.41. The van der Waals surface area contributed by atoms with Crippen LogP contribution in [-0.4, -0.2) is 69.0 Å². The molecular formula is C24H28N2O7. The highest BCUT2D eigenvalue weighted by Gasteiger charge is 2.59. The van der Waals surface area contributed by atoms with E-state index >= 15 is 0 Å². The van der Waals surface area contributed by atoms with Crippen LogP contribution in [-0.2, 0) is 22.4 Å². The van der Waals surface area contributed by atoms with Crippen molar-refractivity contribution in [3.8, 4) is 5.75 Å². The molecule has 3 aliphatic carbocycles. The molecule has 3 aliphatic rings. The average Bonchev–Trinajstić information content (AvgIpc) is 2.71. The number of carbonyl (C=O) groups excluding carboxylic acids is 3. The van der Waals surface area contributed by atoms with Crippen LogP contribution in [0.5, 0.6) is 5.75 Å². The molecule has 0 unspecified atom stereocenters. The molecule has 6 N–H and O–H groups in total. The van der Waals surface area contributed by atoms with Crippen molar-refractivity contribution in [2.75, 3.05) is 20.6 Å². The second-order valence-electron chi connectivity index (χ2n) is 9.41. The minimum atomic E-state index is -2.53. The fraction of sp³-hybridized carbons (Fsp3) is 0.458. The number of aliphatic hydroxyl groups excluding tert-OH is 2. The van der Waals surface area contributed by atoms with Gasteiger partial charge in [-0.2, -0.15) is 0 Å². The molecule has 0 aliphatic heterocycles. The molecule has 3 atom stereocenters. The highest BCUT2D eigenvalue weighted by molar-refractivity contribution is 6.24. The van der Waals surface area contributed by atoms with Crippen LogP contribution in [0, 0.1) is 11.8 Å². The Morgan fingerprint density at radius 3 is 2.52 bits per heavy atom. The van der Waals surface area contributed by atoms with E-state index in [9.17, 15) is 34.8 Å². The Morgan fingerprint density at radius 2 is 1.88 bits per heavy atom. The van der Waals surface area contributed by atoms with Gasteiger partial charge in [0, 0.05) is 17.9 Å². The Morgan fingerprint density at radius 1 is 1.18 bits per heavy atom. The summed E-state index contributed by atoms with van der Waals surface area (Å²) in [5, 5.41) is 42.9. The number of carbonyl (C=O) groups is 3. The molecule has 1 aromatic rings. The van der Waals surface area contributed by atoms with Gasteiger partial charge in [-0.3, -0.25) is 14.4 Å². The lowest BCUT2D eigenvalue weighted by Crippen LogP contribution is -2.57. The minimum Gasteiger partial charge on any atom is -0.511 e. The largest absolute Gasteiger partial charge is 0.511 e. The molecule has 0 heterocycles. The lowest BCUT2D eigenvalue weighted by Gasteiger charge is -2.45. The number of aliphatic hydroxyl groups is 3. The standard InChI is InChI=1S/C24H28N2O7/c1-26(2)7-3-4-11-5-6-15(27)18-14(11)9-12-8-13-10-16(28)19(23(25)32)22(31)24(13,33)21(30)17(12)20(18)29/h5-6,12-13,27-28,30,33H,3-4,7-10H2,1-2H3,(H2,25,32)/t12-,13+,24+/m1/s1. The molecule has 0 spiro atoms. The van der Waals surface area contributed by atoms with Crippen molar-refractivity contribution in [1.82, 2.24) is 4.90 Å². The molecule has 0 saturated heterocycles. The van der Waals surface area contributed by atoms with E-state index in [-0.39, 0.29) is 29.7 Å². The number of primary amides is 1. The van der Waals surface area contributed by atoms with Crippen LogP contribution >= 0.6 is 0 Å². The van der Waals surface area contributed by atoms with Gasteiger partial charge in [0.2, 0.25) is 5.78 Å². The zero-order chi connectivity index (χ0) is 24.2. The summed E-state index contributed by atoms with van der Waals surface area (Å²) < 4.78 is 0. The lowest BCUT2D eigenvalue weighted by atomic mass is 9.60. The quantitative estimate of drug-likeness (QED) is 0.411. The maximum Gasteiger partial charge on any atom is 0.255 e. The number of aryl methyl sites for hydroxylation is 1. The van der Waals surface area contributed by atoms with Crippen LogP contribution < -0.4 is 5.73 Å². The van der Waals surface area contributed by atoms with Crippen molar-refractivity contribution in [3.05, 3.63) is 51.5 Å². The number of amides is 1. The van der Waals surface area contributed by atoms with Gasteiger partial charge in [0.15, 0.2) is 11.4 Å². The van der Waals surface area contributed by atoms with E-state index in [0.29, 0.717) is 18.4 Å². The number of fused-ring (bicyclic) bond motifs is 3. The van der Waals surface area contributed by atoms with Crippen molar-refractivity contribution < 1.29 is 34.8 Å². The van der Waals surface area contributed by atoms with Crippen LogP contribution in [0.2, 0.25) is 0 Å². The van der Waals surface area contributed by atoms with Crippen molar-refractivity contribution >= 4 is 17.5 Å². The van der Waals surface area contributed by atoms with Gasteiger partial charge in [0.25, 0.3) is 5.91 Å². The number of Topliss-reactive ketones (excluding diaryl/α,β-unsaturated/α-hetero) is 2. The van der Waals surface area contributed by atoms with Crippen LogP contribution in [0.1, 0.15) is 40.7 Å². The van der Waals surface area contributed by atoms with Gasteiger partial charge < -0.3 is 31.1 Å².